The van der Waals surface area contributed by atoms with Crippen LogP contribution >= 0.6 is 0 Å². The van der Waals surface area contributed by atoms with Crippen LogP contribution in [-0.4, -0.2) is 22.4 Å². The lowest BCUT2D eigenvalue weighted by Crippen LogP contribution is -2.40. The number of nitrogens with one attached hydrogen (secondary N) is 1. The molecule has 1 aromatic heterocycles. The van der Waals surface area contributed by atoms with Gasteiger partial charge in [0.1, 0.15) is 5.54 Å². The van der Waals surface area contributed by atoms with Crippen molar-refractivity contribution in [1.82, 2.24) is 15.1 Å². The third-order valence-corrected chi connectivity index (χ3v) is 3.82. The van der Waals surface area contributed by atoms with Crippen molar-refractivity contribution >= 4 is 10.9 Å². The molecule has 2 rings (SSSR count). The Morgan fingerprint density at radius 3 is 2.89 bits per heavy atom. The fourth-order valence-corrected chi connectivity index (χ4v) is 2.40. The van der Waals surface area contributed by atoms with Crippen molar-refractivity contribution in [2.75, 3.05) is 7.05 Å². The Bertz CT molecular complexity index is 575. The van der Waals surface area contributed by atoms with E-state index in [1.807, 2.05) is 37.0 Å². The van der Waals surface area contributed by atoms with E-state index in [-0.39, 0.29) is 0 Å². The molecular weight excluding hydrogens is 236 g/mol. The monoisotopic (exact) mass is 256 g/mol. The van der Waals surface area contributed by atoms with Crippen LogP contribution in [0.3, 0.4) is 0 Å². The lowest BCUT2D eigenvalue weighted by Gasteiger charge is -2.24. The molecule has 2 aromatic rings. The molecule has 4 nitrogen and oxygen atoms in total. The van der Waals surface area contributed by atoms with E-state index < -0.39 is 5.54 Å². The summed E-state index contributed by atoms with van der Waals surface area (Å²) in [6.07, 6.45) is 4.49. The first-order valence-corrected chi connectivity index (χ1v) is 6.75. The van der Waals surface area contributed by atoms with Crippen molar-refractivity contribution in [2.45, 2.75) is 38.3 Å². The lowest BCUT2D eigenvalue weighted by atomic mass is 9.92. The minimum absolute atomic E-state index is 0.400. The van der Waals surface area contributed by atoms with Crippen LogP contribution in [0, 0.1) is 11.3 Å². The molecule has 1 heterocycles. The highest BCUT2D eigenvalue weighted by molar-refractivity contribution is 5.78. The van der Waals surface area contributed by atoms with Crippen LogP contribution in [0.15, 0.2) is 30.5 Å². The number of nitriles is 1. The van der Waals surface area contributed by atoms with E-state index in [0.29, 0.717) is 0 Å². The highest BCUT2D eigenvalue weighted by Crippen LogP contribution is 2.18. The first kappa shape index (κ1) is 13.6. The normalized spacial score (nSPS) is 14.2. The summed E-state index contributed by atoms with van der Waals surface area (Å²) in [7, 11) is 1.86. The molecule has 1 unspecified atom stereocenters. The van der Waals surface area contributed by atoms with Gasteiger partial charge in [0.25, 0.3) is 0 Å². The summed E-state index contributed by atoms with van der Waals surface area (Å²) in [6.45, 7) is 2.89. The molecule has 0 bridgehead atoms. The van der Waals surface area contributed by atoms with Gasteiger partial charge in [0, 0.05) is 11.9 Å². The smallest absolute Gasteiger partial charge is 0.106 e. The summed E-state index contributed by atoms with van der Waals surface area (Å²) >= 11 is 0. The molecule has 0 aliphatic rings. The molecule has 0 saturated carbocycles. The van der Waals surface area contributed by atoms with Crippen LogP contribution in [0.25, 0.3) is 10.9 Å². The van der Waals surface area contributed by atoms with Gasteiger partial charge in [-0.1, -0.05) is 25.1 Å². The Hall–Kier alpha value is -1.86. The van der Waals surface area contributed by atoms with Gasteiger partial charge in [-0.05, 0) is 32.4 Å². The third kappa shape index (κ3) is 2.77. The first-order valence-electron chi connectivity index (χ1n) is 6.75. The fraction of sp³-hybridized carbons (Fsp3) is 0.467. The number of para-hydroxylation sites is 1. The first-order chi connectivity index (χ1) is 9.24. The molecule has 4 heteroatoms. The van der Waals surface area contributed by atoms with E-state index >= 15 is 0 Å². The maximum atomic E-state index is 9.27. The number of nitrogens with zero attached hydrogens (tertiary/aromatic N) is 3. The van der Waals surface area contributed by atoms with Crippen molar-refractivity contribution in [2.24, 2.45) is 0 Å². The van der Waals surface area contributed by atoms with E-state index in [4.69, 9.17) is 0 Å². The zero-order valence-electron chi connectivity index (χ0n) is 11.6. The molecule has 0 saturated heterocycles. The maximum Gasteiger partial charge on any atom is 0.106 e. The van der Waals surface area contributed by atoms with E-state index in [1.165, 1.54) is 0 Å². The summed E-state index contributed by atoms with van der Waals surface area (Å²) in [6, 6.07) is 10.6. The molecule has 100 valence electrons. The summed E-state index contributed by atoms with van der Waals surface area (Å²) < 4.78 is 2.02. The Kier molecular flexibility index (Phi) is 4.18. The number of aryl methyl sites for hydroxylation is 1. The van der Waals surface area contributed by atoms with Gasteiger partial charge in [0.15, 0.2) is 0 Å². The summed E-state index contributed by atoms with van der Waals surface area (Å²) in [5.74, 6) is 0. The van der Waals surface area contributed by atoms with Crippen LogP contribution in [0.5, 0.6) is 0 Å². The van der Waals surface area contributed by atoms with Crippen LogP contribution in [-0.2, 0) is 6.54 Å². The van der Waals surface area contributed by atoms with Gasteiger partial charge in [-0.2, -0.15) is 10.4 Å². The topological polar surface area (TPSA) is 53.6 Å². The largest absolute Gasteiger partial charge is 0.302 e. The van der Waals surface area contributed by atoms with Gasteiger partial charge in [-0.15, -0.1) is 0 Å². The number of aromatic nitrogens is 2. The van der Waals surface area contributed by atoms with E-state index in [2.05, 4.69) is 28.6 Å². The van der Waals surface area contributed by atoms with E-state index in [1.54, 1.807) is 0 Å². The highest BCUT2D eigenvalue weighted by atomic mass is 15.3. The third-order valence-electron chi connectivity index (χ3n) is 3.82. The second-order valence-corrected chi connectivity index (χ2v) is 4.83. The minimum atomic E-state index is -0.400. The predicted octanol–water partition coefficient (Wildman–Crippen LogP) is 2.71. The molecule has 0 spiro atoms. The van der Waals surface area contributed by atoms with Crippen molar-refractivity contribution in [3.63, 3.8) is 0 Å². The number of benzene rings is 1. The van der Waals surface area contributed by atoms with Crippen LogP contribution in [0.2, 0.25) is 0 Å². The molecule has 0 radical (unpaired) electrons. The van der Waals surface area contributed by atoms with Gasteiger partial charge in [-0.3, -0.25) is 4.68 Å². The van der Waals surface area contributed by atoms with Gasteiger partial charge in [0.2, 0.25) is 0 Å². The zero-order chi connectivity index (χ0) is 13.7. The average Bonchev–Trinajstić information content (AvgIpc) is 2.88. The predicted molar refractivity (Wildman–Crippen MR) is 76.7 cm³/mol. The van der Waals surface area contributed by atoms with Crippen molar-refractivity contribution in [3.8, 4) is 6.07 Å². The molecule has 1 atom stereocenters. The van der Waals surface area contributed by atoms with Crippen molar-refractivity contribution in [1.29, 1.82) is 5.26 Å². The second-order valence-electron chi connectivity index (χ2n) is 4.83. The van der Waals surface area contributed by atoms with Crippen LogP contribution in [0.4, 0.5) is 0 Å². The summed E-state index contributed by atoms with van der Waals surface area (Å²) in [5, 5.41) is 18.0. The van der Waals surface area contributed by atoms with Crippen molar-refractivity contribution in [3.05, 3.63) is 30.5 Å². The number of rotatable bonds is 6. The van der Waals surface area contributed by atoms with Gasteiger partial charge in [0.05, 0.1) is 17.8 Å². The fourth-order valence-electron chi connectivity index (χ4n) is 2.40. The Morgan fingerprint density at radius 1 is 1.42 bits per heavy atom. The lowest BCUT2D eigenvalue weighted by molar-refractivity contribution is 0.377. The van der Waals surface area contributed by atoms with Gasteiger partial charge >= 0.3 is 0 Å². The molecule has 0 fully saturated rings. The Balaban J connectivity index is 2.02. The number of fused-ring (bicyclic) bond motifs is 1. The standard InChI is InChI=1S/C15H20N4/c1-3-15(12-16,17-2)9-6-10-19-14-8-5-4-7-13(14)11-18-19/h4-5,7-8,11,17H,3,6,9-10H2,1-2H3. The van der Waals surface area contributed by atoms with E-state index in [9.17, 15) is 5.26 Å². The molecule has 1 N–H and O–H groups in total. The SMILES string of the molecule is CCC(C#N)(CCCn1ncc2ccccc21)NC. The molecule has 0 aliphatic heterocycles. The van der Waals surface area contributed by atoms with Gasteiger partial charge < -0.3 is 5.32 Å². The molecule has 0 aliphatic carbocycles. The summed E-state index contributed by atoms with van der Waals surface area (Å²) in [4.78, 5) is 0. The maximum absolute atomic E-state index is 9.27. The van der Waals surface area contributed by atoms with Crippen molar-refractivity contribution < 1.29 is 0 Å². The van der Waals surface area contributed by atoms with Gasteiger partial charge in [-0.25, -0.2) is 0 Å². The zero-order valence-corrected chi connectivity index (χ0v) is 11.6. The number of hydrogen-bond acceptors (Lipinski definition) is 3. The average molecular weight is 256 g/mol. The summed E-state index contributed by atoms with van der Waals surface area (Å²) in [5.41, 5.74) is 0.759. The quantitative estimate of drug-likeness (QED) is 0.864. The molecule has 0 amide bonds. The minimum Gasteiger partial charge on any atom is -0.302 e. The Morgan fingerprint density at radius 2 is 2.21 bits per heavy atom. The van der Waals surface area contributed by atoms with Crippen LogP contribution in [0.1, 0.15) is 26.2 Å². The number of hydrogen-bond donors (Lipinski definition) is 1. The second kappa shape index (κ2) is 5.85. The molecular formula is C15H20N4. The molecule has 1 aromatic carbocycles. The van der Waals surface area contributed by atoms with E-state index in [0.717, 1.165) is 36.7 Å². The molecule has 19 heavy (non-hydrogen) atoms. The van der Waals surface area contributed by atoms with Crippen LogP contribution < -0.4 is 5.32 Å². The Labute approximate surface area is 114 Å². The highest BCUT2D eigenvalue weighted by Gasteiger charge is 2.24.